The Bertz CT molecular complexity index is 829. The number of carbonyl (C=O) groups excluding carboxylic acids is 2. The summed E-state index contributed by atoms with van der Waals surface area (Å²) in [6, 6.07) is 12.1. The number of hydrogen-bond donors (Lipinski definition) is 2. The van der Waals surface area contributed by atoms with Gasteiger partial charge in [-0.25, -0.2) is 0 Å². The number of amides is 2. The molecule has 1 aliphatic rings. The monoisotopic (exact) mass is 339 g/mol. The second-order valence-corrected chi connectivity index (χ2v) is 6.27. The van der Waals surface area contributed by atoms with Crippen molar-refractivity contribution in [2.45, 2.75) is 32.4 Å². The minimum absolute atomic E-state index is 0.0643. The summed E-state index contributed by atoms with van der Waals surface area (Å²) in [5.41, 5.74) is 1.69. The van der Waals surface area contributed by atoms with Crippen LogP contribution in [0, 0.1) is 6.92 Å². The molecule has 25 heavy (non-hydrogen) atoms. The van der Waals surface area contributed by atoms with E-state index >= 15 is 0 Å². The van der Waals surface area contributed by atoms with Crippen LogP contribution in [0.4, 0.5) is 0 Å². The number of aromatic nitrogens is 1. The highest BCUT2D eigenvalue weighted by Crippen LogP contribution is 2.16. The number of aromatic amines is 1. The van der Waals surface area contributed by atoms with Crippen LogP contribution < -0.4 is 10.9 Å². The van der Waals surface area contributed by atoms with Gasteiger partial charge in [-0.2, -0.15) is 0 Å². The summed E-state index contributed by atoms with van der Waals surface area (Å²) in [7, 11) is 0. The Kier molecular flexibility index (Phi) is 4.97. The quantitative estimate of drug-likeness (QED) is 0.888. The van der Waals surface area contributed by atoms with Crippen molar-refractivity contribution >= 4 is 11.8 Å². The maximum Gasteiger partial charge on any atom is 0.253 e. The van der Waals surface area contributed by atoms with Gasteiger partial charge in [-0.3, -0.25) is 14.4 Å². The summed E-state index contributed by atoms with van der Waals surface area (Å²) in [5.74, 6) is -0.404. The topological polar surface area (TPSA) is 82.3 Å². The zero-order chi connectivity index (χ0) is 17.8. The van der Waals surface area contributed by atoms with Gasteiger partial charge in [0.05, 0.1) is 5.56 Å². The zero-order valence-electron chi connectivity index (χ0n) is 14.1. The molecule has 130 valence electrons. The van der Waals surface area contributed by atoms with Crippen molar-refractivity contribution in [3.05, 3.63) is 69.6 Å². The van der Waals surface area contributed by atoms with Gasteiger partial charge in [-0.05, 0) is 31.4 Å². The second-order valence-electron chi connectivity index (χ2n) is 6.27. The first-order valence-corrected chi connectivity index (χ1v) is 8.38. The molecule has 1 aromatic carbocycles. The first-order chi connectivity index (χ1) is 12.0. The Morgan fingerprint density at radius 3 is 2.68 bits per heavy atom. The molecule has 0 saturated carbocycles. The summed E-state index contributed by atoms with van der Waals surface area (Å²) in [4.78, 5) is 40.8. The van der Waals surface area contributed by atoms with Crippen molar-refractivity contribution in [2.24, 2.45) is 0 Å². The maximum absolute atomic E-state index is 12.7. The molecule has 3 rings (SSSR count). The third-order valence-electron chi connectivity index (χ3n) is 4.41. The molecule has 1 unspecified atom stereocenters. The van der Waals surface area contributed by atoms with Crippen molar-refractivity contribution < 1.29 is 9.59 Å². The van der Waals surface area contributed by atoms with Crippen molar-refractivity contribution in [3.63, 3.8) is 0 Å². The Labute approximate surface area is 145 Å². The van der Waals surface area contributed by atoms with Crippen LogP contribution in [-0.2, 0) is 11.3 Å². The third kappa shape index (κ3) is 3.96. The lowest BCUT2D eigenvalue weighted by Gasteiger charge is -2.32. The van der Waals surface area contributed by atoms with Crippen LogP contribution in [0.25, 0.3) is 0 Å². The highest BCUT2D eigenvalue weighted by Gasteiger charge is 2.30. The summed E-state index contributed by atoms with van der Waals surface area (Å²) < 4.78 is 0. The number of likely N-dealkylation sites (tertiary alicyclic amines) is 1. The van der Waals surface area contributed by atoms with E-state index in [0.717, 1.165) is 12.0 Å². The largest absolute Gasteiger partial charge is 0.340 e. The lowest BCUT2D eigenvalue weighted by molar-refractivity contribution is -0.136. The van der Waals surface area contributed by atoms with E-state index in [1.807, 2.05) is 30.3 Å². The lowest BCUT2D eigenvalue weighted by atomic mass is 10.0. The normalized spacial score (nSPS) is 17.4. The van der Waals surface area contributed by atoms with Gasteiger partial charge in [-0.1, -0.05) is 30.3 Å². The predicted molar refractivity (Wildman–Crippen MR) is 94.1 cm³/mol. The molecule has 0 bridgehead atoms. The fourth-order valence-electron chi connectivity index (χ4n) is 3.09. The number of carbonyl (C=O) groups is 2. The number of pyridine rings is 1. The number of nitrogens with zero attached hydrogens (tertiary/aromatic N) is 1. The van der Waals surface area contributed by atoms with E-state index in [9.17, 15) is 14.4 Å². The molecule has 1 fully saturated rings. The number of benzene rings is 1. The van der Waals surface area contributed by atoms with E-state index in [1.165, 1.54) is 12.1 Å². The predicted octanol–water partition coefficient (Wildman–Crippen LogP) is 1.60. The van der Waals surface area contributed by atoms with Crippen molar-refractivity contribution in [2.75, 3.05) is 6.54 Å². The number of nitrogens with one attached hydrogen (secondary N) is 2. The molecule has 1 aromatic heterocycles. The van der Waals surface area contributed by atoms with Crippen LogP contribution in [0.2, 0.25) is 0 Å². The first-order valence-electron chi connectivity index (χ1n) is 8.38. The molecule has 2 aromatic rings. The maximum atomic E-state index is 12.7. The molecular formula is C19H21N3O3. The van der Waals surface area contributed by atoms with E-state index in [-0.39, 0.29) is 17.4 Å². The molecule has 0 aliphatic carbocycles. The average molecular weight is 339 g/mol. The SMILES string of the molecule is Cc1[nH]c(=O)ccc1C(=O)NC1CCCN(Cc2ccccc2)C1=O. The Morgan fingerprint density at radius 1 is 1.20 bits per heavy atom. The van der Waals surface area contributed by atoms with E-state index in [0.29, 0.717) is 30.8 Å². The molecule has 0 radical (unpaired) electrons. The van der Waals surface area contributed by atoms with E-state index in [2.05, 4.69) is 10.3 Å². The summed E-state index contributed by atoms with van der Waals surface area (Å²) in [5, 5.41) is 2.81. The van der Waals surface area contributed by atoms with Crippen molar-refractivity contribution in [1.82, 2.24) is 15.2 Å². The fourth-order valence-corrected chi connectivity index (χ4v) is 3.09. The van der Waals surface area contributed by atoms with Crippen molar-refractivity contribution in [1.29, 1.82) is 0 Å². The molecular weight excluding hydrogens is 318 g/mol. The minimum atomic E-state index is -0.531. The standard InChI is InChI=1S/C19H21N3O3/c1-13-15(9-10-17(23)20-13)18(24)21-16-8-5-11-22(19(16)25)12-14-6-3-2-4-7-14/h2-4,6-7,9-10,16H,5,8,11-12H2,1H3,(H,20,23)(H,21,24). The second kappa shape index (κ2) is 7.34. The smallest absolute Gasteiger partial charge is 0.253 e. The zero-order valence-corrected chi connectivity index (χ0v) is 14.1. The van der Waals surface area contributed by atoms with Crippen molar-refractivity contribution in [3.8, 4) is 0 Å². The minimum Gasteiger partial charge on any atom is -0.340 e. The van der Waals surface area contributed by atoms with Crippen LogP contribution >= 0.6 is 0 Å². The Hall–Kier alpha value is -2.89. The molecule has 1 saturated heterocycles. The average Bonchev–Trinajstić information content (AvgIpc) is 2.59. The van der Waals surface area contributed by atoms with E-state index in [4.69, 9.17) is 0 Å². The lowest BCUT2D eigenvalue weighted by Crippen LogP contribution is -2.52. The Morgan fingerprint density at radius 2 is 1.96 bits per heavy atom. The third-order valence-corrected chi connectivity index (χ3v) is 4.41. The van der Waals surface area contributed by atoms with E-state index in [1.54, 1.807) is 11.8 Å². The Balaban J connectivity index is 1.68. The van der Waals surface area contributed by atoms with Crippen LogP contribution in [0.3, 0.4) is 0 Å². The summed E-state index contributed by atoms with van der Waals surface area (Å²) in [6.45, 7) is 2.90. The van der Waals surface area contributed by atoms with E-state index < -0.39 is 6.04 Å². The van der Waals surface area contributed by atoms with Crippen LogP contribution in [-0.4, -0.2) is 34.3 Å². The molecule has 6 heteroatoms. The van der Waals surface area contributed by atoms with Crippen LogP contribution in [0.5, 0.6) is 0 Å². The fraction of sp³-hybridized carbons (Fsp3) is 0.316. The van der Waals surface area contributed by atoms with Gasteiger partial charge in [0, 0.05) is 24.8 Å². The molecule has 1 atom stereocenters. The van der Waals surface area contributed by atoms with Gasteiger partial charge < -0.3 is 15.2 Å². The molecule has 6 nitrogen and oxygen atoms in total. The van der Waals surface area contributed by atoms with Gasteiger partial charge in [0.15, 0.2) is 0 Å². The summed E-state index contributed by atoms with van der Waals surface area (Å²) in [6.07, 6.45) is 1.46. The van der Waals surface area contributed by atoms with Gasteiger partial charge >= 0.3 is 0 Å². The molecule has 0 spiro atoms. The highest BCUT2D eigenvalue weighted by atomic mass is 16.2. The van der Waals surface area contributed by atoms with Gasteiger partial charge in [0.25, 0.3) is 5.91 Å². The number of hydrogen-bond acceptors (Lipinski definition) is 3. The first kappa shape index (κ1) is 17.0. The molecule has 1 aliphatic heterocycles. The number of H-pyrrole nitrogens is 1. The molecule has 2 heterocycles. The molecule has 2 amide bonds. The van der Waals surface area contributed by atoms with Gasteiger partial charge in [0.2, 0.25) is 11.5 Å². The number of piperidine rings is 1. The van der Waals surface area contributed by atoms with Crippen LogP contribution in [0.1, 0.15) is 34.5 Å². The number of aryl methyl sites for hydroxylation is 1. The van der Waals surface area contributed by atoms with Gasteiger partial charge in [0.1, 0.15) is 6.04 Å². The highest BCUT2D eigenvalue weighted by molar-refractivity contribution is 5.98. The number of rotatable bonds is 4. The van der Waals surface area contributed by atoms with Gasteiger partial charge in [-0.15, -0.1) is 0 Å². The summed E-state index contributed by atoms with van der Waals surface area (Å²) >= 11 is 0. The van der Waals surface area contributed by atoms with Crippen LogP contribution in [0.15, 0.2) is 47.3 Å². The molecule has 2 N–H and O–H groups in total.